The first kappa shape index (κ1) is 14.1. The number of rotatable bonds is 2. The van der Waals surface area contributed by atoms with Crippen LogP contribution in [0.5, 0.6) is 0 Å². The number of hydrogen-bond acceptors (Lipinski definition) is 3. The van der Waals surface area contributed by atoms with E-state index in [9.17, 15) is 0 Å². The molecule has 0 amide bonds. The van der Waals surface area contributed by atoms with Crippen LogP contribution in [0.25, 0.3) is 10.9 Å². The summed E-state index contributed by atoms with van der Waals surface area (Å²) in [5.74, 6) is 0. The number of hydrogen-bond donors (Lipinski definition) is 2. The monoisotopic (exact) mass is 277 g/mol. The summed E-state index contributed by atoms with van der Waals surface area (Å²) < 4.78 is 0. The molecule has 4 heteroatoms. The fraction of sp³-hybridized carbons (Fsp3) is 0.400. The van der Waals surface area contributed by atoms with Gasteiger partial charge in [0.25, 0.3) is 0 Å². The van der Waals surface area contributed by atoms with Gasteiger partial charge in [0.15, 0.2) is 0 Å². The summed E-state index contributed by atoms with van der Waals surface area (Å²) >= 11 is 0. The Morgan fingerprint density at radius 2 is 1.95 bits per heavy atom. The van der Waals surface area contributed by atoms with E-state index in [-0.39, 0.29) is 12.4 Å². The van der Waals surface area contributed by atoms with E-state index in [0.717, 1.165) is 24.3 Å². The molecule has 0 spiro atoms. The van der Waals surface area contributed by atoms with Crippen molar-refractivity contribution in [2.24, 2.45) is 0 Å². The Morgan fingerprint density at radius 3 is 2.74 bits per heavy atom. The van der Waals surface area contributed by atoms with Gasteiger partial charge in [0.2, 0.25) is 0 Å². The van der Waals surface area contributed by atoms with Gasteiger partial charge in [0, 0.05) is 22.8 Å². The molecule has 3 rings (SSSR count). The molecular formula is C15H20ClN3. The molecule has 2 N–H and O–H groups in total. The summed E-state index contributed by atoms with van der Waals surface area (Å²) in [5.41, 5.74) is 3.36. The smallest absolute Gasteiger partial charge is 0.0725 e. The molecule has 0 unspecified atom stereocenters. The summed E-state index contributed by atoms with van der Waals surface area (Å²) in [6.07, 6.45) is 2.38. The molecule has 1 aromatic heterocycles. The third-order valence-electron chi connectivity index (χ3n) is 3.57. The van der Waals surface area contributed by atoms with Crippen LogP contribution in [-0.2, 0) is 0 Å². The molecule has 0 atom stereocenters. The van der Waals surface area contributed by atoms with Crippen LogP contribution >= 0.6 is 12.4 Å². The van der Waals surface area contributed by atoms with Crippen LogP contribution in [0.15, 0.2) is 30.3 Å². The standard InChI is InChI=1S/C15H19N3.ClH/c1-11-5-6-13-14(17-11)3-2-4-15(13)18-12-7-9-16-10-8-12;/h2-6,12,16,18H,7-10H2,1H3;1H. The zero-order valence-electron chi connectivity index (χ0n) is 11.1. The predicted molar refractivity (Wildman–Crippen MR) is 83.2 cm³/mol. The van der Waals surface area contributed by atoms with Gasteiger partial charge in [-0.05, 0) is 57.1 Å². The Kier molecular flexibility index (Phi) is 4.61. The maximum absolute atomic E-state index is 4.58. The fourth-order valence-electron chi connectivity index (χ4n) is 2.57. The van der Waals surface area contributed by atoms with Crippen molar-refractivity contribution < 1.29 is 0 Å². The molecule has 0 saturated carbocycles. The average molecular weight is 278 g/mol. The zero-order valence-corrected chi connectivity index (χ0v) is 12.0. The van der Waals surface area contributed by atoms with Gasteiger partial charge in [-0.3, -0.25) is 4.98 Å². The lowest BCUT2D eigenvalue weighted by Gasteiger charge is -2.25. The first-order valence-corrected chi connectivity index (χ1v) is 6.66. The van der Waals surface area contributed by atoms with Crippen molar-refractivity contribution in [1.29, 1.82) is 0 Å². The largest absolute Gasteiger partial charge is 0.382 e. The molecular weight excluding hydrogens is 258 g/mol. The van der Waals surface area contributed by atoms with Crippen LogP contribution < -0.4 is 10.6 Å². The SMILES string of the molecule is Cc1ccc2c(NC3CCNCC3)cccc2n1.Cl. The molecule has 0 radical (unpaired) electrons. The van der Waals surface area contributed by atoms with E-state index in [1.807, 2.05) is 6.92 Å². The van der Waals surface area contributed by atoms with Gasteiger partial charge in [-0.25, -0.2) is 0 Å². The van der Waals surface area contributed by atoms with E-state index >= 15 is 0 Å². The van der Waals surface area contributed by atoms with E-state index < -0.39 is 0 Å². The Balaban J connectivity index is 0.00000133. The highest BCUT2D eigenvalue weighted by molar-refractivity contribution is 5.91. The maximum Gasteiger partial charge on any atom is 0.0725 e. The lowest BCUT2D eigenvalue weighted by molar-refractivity contribution is 0.479. The van der Waals surface area contributed by atoms with Crippen LogP contribution in [0.3, 0.4) is 0 Å². The molecule has 19 heavy (non-hydrogen) atoms. The summed E-state index contributed by atoms with van der Waals surface area (Å²) in [6.45, 7) is 4.26. The number of aromatic nitrogens is 1. The maximum atomic E-state index is 4.58. The minimum Gasteiger partial charge on any atom is -0.382 e. The summed E-state index contributed by atoms with van der Waals surface area (Å²) in [7, 11) is 0. The lowest BCUT2D eigenvalue weighted by atomic mass is 10.1. The molecule has 1 aromatic carbocycles. The van der Waals surface area contributed by atoms with Crippen molar-refractivity contribution in [2.75, 3.05) is 18.4 Å². The highest BCUT2D eigenvalue weighted by Crippen LogP contribution is 2.24. The summed E-state index contributed by atoms with van der Waals surface area (Å²) in [6, 6.07) is 11.1. The Morgan fingerprint density at radius 1 is 1.16 bits per heavy atom. The molecule has 0 aliphatic carbocycles. The topological polar surface area (TPSA) is 37.0 Å². The Labute approximate surface area is 120 Å². The van der Waals surface area contributed by atoms with Crippen molar-refractivity contribution in [2.45, 2.75) is 25.8 Å². The number of nitrogens with zero attached hydrogens (tertiary/aromatic N) is 1. The number of pyridine rings is 1. The van der Waals surface area contributed by atoms with E-state index in [1.165, 1.54) is 23.9 Å². The molecule has 1 aliphatic heterocycles. The quantitative estimate of drug-likeness (QED) is 0.886. The first-order chi connectivity index (χ1) is 8.83. The van der Waals surface area contributed by atoms with Crippen LogP contribution in [0, 0.1) is 6.92 Å². The zero-order chi connectivity index (χ0) is 12.4. The number of nitrogens with one attached hydrogen (secondary N) is 2. The van der Waals surface area contributed by atoms with Gasteiger partial charge in [0.1, 0.15) is 0 Å². The number of aryl methyl sites for hydroxylation is 1. The van der Waals surface area contributed by atoms with Crippen LogP contribution in [0.2, 0.25) is 0 Å². The van der Waals surface area contributed by atoms with E-state index in [0.29, 0.717) is 6.04 Å². The predicted octanol–water partition coefficient (Wildman–Crippen LogP) is 3.13. The second-order valence-electron chi connectivity index (χ2n) is 4.99. The summed E-state index contributed by atoms with van der Waals surface area (Å²) in [4.78, 5) is 4.58. The number of halogens is 1. The number of fused-ring (bicyclic) bond motifs is 1. The van der Waals surface area contributed by atoms with Crippen LogP contribution in [-0.4, -0.2) is 24.1 Å². The van der Waals surface area contributed by atoms with Gasteiger partial charge in [-0.2, -0.15) is 0 Å². The second kappa shape index (κ2) is 6.22. The molecule has 3 nitrogen and oxygen atoms in total. The Hall–Kier alpha value is -1.32. The van der Waals surface area contributed by atoms with Gasteiger partial charge in [-0.15, -0.1) is 12.4 Å². The molecule has 0 bridgehead atoms. The number of anilines is 1. The Bertz CT molecular complexity index is 550. The van der Waals surface area contributed by atoms with Crippen molar-refractivity contribution in [3.8, 4) is 0 Å². The van der Waals surface area contributed by atoms with Crippen molar-refractivity contribution >= 4 is 29.0 Å². The number of piperidine rings is 1. The van der Waals surface area contributed by atoms with Crippen molar-refractivity contribution in [3.63, 3.8) is 0 Å². The first-order valence-electron chi connectivity index (χ1n) is 6.66. The van der Waals surface area contributed by atoms with Gasteiger partial charge >= 0.3 is 0 Å². The fourth-order valence-corrected chi connectivity index (χ4v) is 2.57. The molecule has 2 heterocycles. The van der Waals surface area contributed by atoms with Crippen molar-refractivity contribution in [1.82, 2.24) is 10.3 Å². The van der Waals surface area contributed by atoms with Gasteiger partial charge in [0.05, 0.1) is 5.52 Å². The second-order valence-corrected chi connectivity index (χ2v) is 4.99. The van der Waals surface area contributed by atoms with Crippen LogP contribution in [0.1, 0.15) is 18.5 Å². The average Bonchev–Trinajstić information content (AvgIpc) is 2.40. The van der Waals surface area contributed by atoms with E-state index in [2.05, 4.69) is 45.9 Å². The van der Waals surface area contributed by atoms with Crippen LogP contribution in [0.4, 0.5) is 5.69 Å². The number of benzene rings is 1. The van der Waals surface area contributed by atoms with E-state index in [4.69, 9.17) is 0 Å². The van der Waals surface area contributed by atoms with Gasteiger partial charge in [-0.1, -0.05) is 6.07 Å². The third-order valence-corrected chi connectivity index (χ3v) is 3.57. The summed E-state index contributed by atoms with van der Waals surface area (Å²) in [5, 5.41) is 8.28. The molecule has 1 fully saturated rings. The highest BCUT2D eigenvalue weighted by Gasteiger charge is 2.13. The molecule has 2 aromatic rings. The van der Waals surface area contributed by atoms with Crippen molar-refractivity contribution in [3.05, 3.63) is 36.0 Å². The molecule has 1 saturated heterocycles. The van der Waals surface area contributed by atoms with Gasteiger partial charge < -0.3 is 10.6 Å². The minimum atomic E-state index is 0. The molecule has 1 aliphatic rings. The third kappa shape index (κ3) is 3.17. The lowest BCUT2D eigenvalue weighted by Crippen LogP contribution is -2.35. The molecule has 102 valence electrons. The minimum absolute atomic E-state index is 0. The normalized spacial score (nSPS) is 16.1. The van der Waals surface area contributed by atoms with E-state index in [1.54, 1.807) is 0 Å². The highest BCUT2D eigenvalue weighted by atomic mass is 35.5.